The van der Waals surface area contributed by atoms with E-state index in [1.807, 2.05) is 11.8 Å². The lowest BCUT2D eigenvalue weighted by molar-refractivity contribution is -0.133. The lowest BCUT2D eigenvalue weighted by Gasteiger charge is -2.32. The largest absolute Gasteiger partial charge is 0.339 e. The average molecular weight is 223 g/mol. The summed E-state index contributed by atoms with van der Waals surface area (Å²) in [4.78, 5) is 16.1. The predicted molar refractivity (Wildman–Crippen MR) is 58.8 cm³/mol. The van der Waals surface area contributed by atoms with Gasteiger partial charge in [-0.1, -0.05) is 5.21 Å². The maximum atomic E-state index is 11.9. The number of aryl methyl sites for hydroxylation is 1. The molecule has 6 nitrogen and oxygen atoms in total. The summed E-state index contributed by atoms with van der Waals surface area (Å²) in [5.74, 6) is 0.127. The number of rotatable bonds is 2. The number of nitrogens with zero attached hydrogens (tertiary/aromatic N) is 5. The number of carbonyl (C=O) groups excluding carboxylic acids is 1. The van der Waals surface area contributed by atoms with Gasteiger partial charge in [-0.05, 0) is 14.0 Å². The molecular formula is C10H17N5O. The van der Waals surface area contributed by atoms with Crippen LogP contribution in [-0.4, -0.2) is 63.9 Å². The number of aromatic nitrogens is 3. The van der Waals surface area contributed by atoms with Crippen molar-refractivity contribution in [1.29, 1.82) is 0 Å². The fraction of sp³-hybridized carbons (Fsp3) is 0.700. The van der Waals surface area contributed by atoms with Crippen molar-refractivity contribution in [2.75, 3.05) is 33.2 Å². The molecule has 0 aromatic carbocycles. The molecule has 0 aliphatic carbocycles. The highest BCUT2D eigenvalue weighted by atomic mass is 16.2. The molecule has 0 atom stereocenters. The molecule has 6 heteroatoms. The average Bonchev–Trinajstić information content (AvgIpc) is 2.65. The monoisotopic (exact) mass is 223 g/mol. The standard InChI is InChI=1S/C10H17N5O/c1-9-7-11-12-15(9)8-10(16)14-5-3-13(2)4-6-14/h7H,3-6,8H2,1-2H3. The van der Waals surface area contributed by atoms with Crippen LogP contribution in [0.3, 0.4) is 0 Å². The molecule has 2 rings (SSSR count). The summed E-state index contributed by atoms with van der Waals surface area (Å²) in [5.41, 5.74) is 0.919. The van der Waals surface area contributed by atoms with Gasteiger partial charge in [0.05, 0.1) is 11.9 Å². The van der Waals surface area contributed by atoms with Crippen molar-refractivity contribution in [3.63, 3.8) is 0 Å². The number of amides is 1. The third kappa shape index (κ3) is 2.38. The first-order valence-corrected chi connectivity index (χ1v) is 5.48. The maximum absolute atomic E-state index is 11.9. The maximum Gasteiger partial charge on any atom is 0.244 e. The molecule has 0 bridgehead atoms. The van der Waals surface area contributed by atoms with E-state index in [4.69, 9.17) is 0 Å². The van der Waals surface area contributed by atoms with Gasteiger partial charge in [-0.2, -0.15) is 0 Å². The Morgan fingerprint density at radius 3 is 2.62 bits per heavy atom. The van der Waals surface area contributed by atoms with Gasteiger partial charge in [0.2, 0.25) is 5.91 Å². The van der Waals surface area contributed by atoms with E-state index in [2.05, 4.69) is 22.3 Å². The first kappa shape index (κ1) is 11.1. The highest BCUT2D eigenvalue weighted by molar-refractivity contribution is 5.76. The molecule has 16 heavy (non-hydrogen) atoms. The number of hydrogen-bond acceptors (Lipinski definition) is 4. The number of likely N-dealkylation sites (N-methyl/N-ethyl adjacent to an activating group) is 1. The van der Waals surface area contributed by atoms with E-state index in [1.165, 1.54) is 0 Å². The van der Waals surface area contributed by atoms with Gasteiger partial charge < -0.3 is 9.80 Å². The summed E-state index contributed by atoms with van der Waals surface area (Å²) in [6, 6.07) is 0. The van der Waals surface area contributed by atoms with Crippen molar-refractivity contribution in [2.45, 2.75) is 13.5 Å². The molecule has 88 valence electrons. The quantitative estimate of drug-likeness (QED) is 0.669. The molecule has 0 N–H and O–H groups in total. The topological polar surface area (TPSA) is 54.3 Å². The first-order chi connectivity index (χ1) is 7.66. The van der Waals surface area contributed by atoms with E-state index >= 15 is 0 Å². The number of piperazine rings is 1. The van der Waals surface area contributed by atoms with Crippen LogP contribution in [0.2, 0.25) is 0 Å². The van der Waals surface area contributed by atoms with E-state index in [0.717, 1.165) is 31.9 Å². The minimum Gasteiger partial charge on any atom is -0.339 e. The summed E-state index contributed by atoms with van der Waals surface area (Å²) in [6.07, 6.45) is 1.66. The van der Waals surface area contributed by atoms with Crippen LogP contribution < -0.4 is 0 Å². The third-order valence-electron chi connectivity index (χ3n) is 2.95. The number of hydrogen-bond donors (Lipinski definition) is 0. The summed E-state index contributed by atoms with van der Waals surface area (Å²) in [5, 5.41) is 7.64. The van der Waals surface area contributed by atoms with Gasteiger partial charge in [-0.3, -0.25) is 4.79 Å². The summed E-state index contributed by atoms with van der Waals surface area (Å²) in [6.45, 7) is 5.71. The van der Waals surface area contributed by atoms with Crippen molar-refractivity contribution in [2.24, 2.45) is 0 Å². The molecule has 0 saturated carbocycles. The van der Waals surface area contributed by atoms with Crippen LogP contribution in [-0.2, 0) is 11.3 Å². The van der Waals surface area contributed by atoms with Crippen molar-refractivity contribution < 1.29 is 4.79 Å². The Morgan fingerprint density at radius 1 is 1.38 bits per heavy atom. The normalized spacial score (nSPS) is 17.8. The molecule has 1 aromatic heterocycles. The van der Waals surface area contributed by atoms with E-state index in [-0.39, 0.29) is 5.91 Å². The van der Waals surface area contributed by atoms with Crippen LogP contribution in [0.4, 0.5) is 0 Å². The van der Waals surface area contributed by atoms with Crippen LogP contribution in [0, 0.1) is 6.92 Å². The molecule has 1 fully saturated rings. The second kappa shape index (κ2) is 4.61. The van der Waals surface area contributed by atoms with Crippen molar-refractivity contribution in [1.82, 2.24) is 24.8 Å². The zero-order chi connectivity index (χ0) is 11.5. The molecule has 1 aliphatic rings. The van der Waals surface area contributed by atoms with Gasteiger partial charge in [0, 0.05) is 26.2 Å². The Kier molecular flexibility index (Phi) is 3.19. The van der Waals surface area contributed by atoms with E-state index in [1.54, 1.807) is 10.9 Å². The molecular weight excluding hydrogens is 206 g/mol. The van der Waals surface area contributed by atoms with E-state index in [0.29, 0.717) is 6.54 Å². The van der Waals surface area contributed by atoms with Gasteiger partial charge in [-0.15, -0.1) is 5.10 Å². The second-order valence-electron chi connectivity index (χ2n) is 4.22. The van der Waals surface area contributed by atoms with E-state index in [9.17, 15) is 4.79 Å². The molecule has 1 amide bonds. The van der Waals surface area contributed by atoms with Crippen LogP contribution in [0.15, 0.2) is 6.20 Å². The minimum atomic E-state index is 0.127. The van der Waals surface area contributed by atoms with Gasteiger partial charge in [0.25, 0.3) is 0 Å². The highest BCUT2D eigenvalue weighted by Crippen LogP contribution is 2.02. The Hall–Kier alpha value is -1.43. The van der Waals surface area contributed by atoms with Crippen LogP contribution in [0.5, 0.6) is 0 Å². The molecule has 0 radical (unpaired) electrons. The summed E-state index contributed by atoms with van der Waals surface area (Å²) >= 11 is 0. The highest BCUT2D eigenvalue weighted by Gasteiger charge is 2.19. The lowest BCUT2D eigenvalue weighted by atomic mass is 10.3. The molecule has 2 heterocycles. The van der Waals surface area contributed by atoms with Gasteiger partial charge in [0.1, 0.15) is 6.54 Å². The summed E-state index contributed by atoms with van der Waals surface area (Å²) < 4.78 is 1.64. The fourth-order valence-electron chi connectivity index (χ4n) is 1.75. The number of carbonyl (C=O) groups is 1. The third-order valence-corrected chi connectivity index (χ3v) is 2.95. The fourth-order valence-corrected chi connectivity index (χ4v) is 1.75. The minimum absolute atomic E-state index is 0.127. The van der Waals surface area contributed by atoms with E-state index < -0.39 is 0 Å². The van der Waals surface area contributed by atoms with Crippen LogP contribution in [0.25, 0.3) is 0 Å². The van der Waals surface area contributed by atoms with Gasteiger partial charge in [-0.25, -0.2) is 4.68 Å². The molecule has 1 aromatic rings. The van der Waals surface area contributed by atoms with Gasteiger partial charge >= 0.3 is 0 Å². The molecule has 0 spiro atoms. The Morgan fingerprint density at radius 2 is 2.06 bits per heavy atom. The summed E-state index contributed by atoms with van der Waals surface area (Å²) in [7, 11) is 2.07. The zero-order valence-corrected chi connectivity index (χ0v) is 9.76. The van der Waals surface area contributed by atoms with Crippen molar-refractivity contribution >= 4 is 5.91 Å². The smallest absolute Gasteiger partial charge is 0.244 e. The first-order valence-electron chi connectivity index (χ1n) is 5.48. The Bertz CT molecular complexity index is 367. The molecule has 0 unspecified atom stereocenters. The predicted octanol–water partition coefficient (Wildman–Crippen LogP) is -0.639. The SMILES string of the molecule is Cc1cnnn1CC(=O)N1CCN(C)CC1. The molecule has 1 saturated heterocycles. The molecule has 1 aliphatic heterocycles. The lowest BCUT2D eigenvalue weighted by Crippen LogP contribution is -2.48. The van der Waals surface area contributed by atoms with Crippen LogP contribution >= 0.6 is 0 Å². The van der Waals surface area contributed by atoms with Crippen molar-refractivity contribution in [3.05, 3.63) is 11.9 Å². The van der Waals surface area contributed by atoms with Crippen molar-refractivity contribution in [3.8, 4) is 0 Å². The Balaban J connectivity index is 1.91. The Labute approximate surface area is 94.8 Å². The van der Waals surface area contributed by atoms with Crippen LogP contribution in [0.1, 0.15) is 5.69 Å². The second-order valence-corrected chi connectivity index (χ2v) is 4.22. The zero-order valence-electron chi connectivity index (χ0n) is 9.76. The van der Waals surface area contributed by atoms with Gasteiger partial charge in [0.15, 0.2) is 0 Å².